The molecule has 1 aliphatic heterocycles. The summed E-state index contributed by atoms with van der Waals surface area (Å²) in [6.07, 6.45) is 2.10. The van der Waals surface area contributed by atoms with E-state index in [1.165, 1.54) is 0 Å². The topological polar surface area (TPSA) is 57.5 Å². The average molecular weight is 394 g/mol. The molecule has 9 heteroatoms. The third-order valence-electron chi connectivity index (χ3n) is 4.75. The van der Waals surface area contributed by atoms with Gasteiger partial charge in [-0.2, -0.15) is 13.2 Å². The lowest BCUT2D eigenvalue weighted by Crippen LogP contribution is -2.45. The zero-order valence-corrected chi connectivity index (χ0v) is 15.8. The number of aliphatic imine (C=N–C) groups is 1. The third-order valence-corrected chi connectivity index (χ3v) is 4.75. The standard InChI is InChI=1S/C19H25F3N6/c1-23-18(25-8-11-27-10-7-24-14-27)26-17-6-9-28(13-17)12-15-2-4-16(5-3-15)19(20,21)22/h2-5,7,10,14,17H,6,8-9,11-13H2,1H3,(H2,23,25,26). The van der Waals surface area contributed by atoms with Gasteiger partial charge in [-0.05, 0) is 24.1 Å². The van der Waals surface area contributed by atoms with Crippen LogP contribution in [-0.4, -0.2) is 53.1 Å². The zero-order chi connectivity index (χ0) is 20.0. The first kappa shape index (κ1) is 20.2. The fourth-order valence-electron chi connectivity index (χ4n) is 3.26. The van der Waals surface area contributed by atoms with Gasteiger partial charge in [0.05, 0.1) is 11.9 Å². The number of rotatable bonds is 6. The van der Waals surface area contributed by atoms with Gasteiger partial charge in [-0.25, -0.2) is 4.98 Å². The van der Waals surface area contributed by atoms with E-state index in [0.717, 1.165) is 56.3 Å². The first-order valence-corrected chi connectivity index (χ1v) is 9.25. The van der Waals surface area contributed by atoms with Gasteiger partial charge in [-0.3, -0.25) is 9.89 Å². The van der Waals surface area contributed by atoms with E-state index in [1.54, 1.807) is 31.7 Å². The lowest BCUT2D eigenvalue weighted by atomic mass is 10.1. The van der Waals surface area contributed by atoms with Crippen molar-refractivity contribution in [3.8, 4) is 0 Å². The molecule has 0 bridgehead atoms. The van der Waals surface area contributed by atoms with Crippen molar-refractivity contribution in [1.29, 1.82) is 0 Å². The number of guanidine groups is 1. The molecule has 152 valence electrons. The number of halogens is 3. The van der Waals surface area contributed by atoms with Crippen LogP contribution in [0.25, 0.3) is 0 Å². The summed E-state index contributed by atoms with van der Waals surface area (Å²) in [6, 6.07) is 5.66. The Morgan fingerprint density at radius 1 is 1.29 bits per heavy atom. The smallest absolute Gasteiger partial charge is 0.355 e. The maximum Gasteiger partial charge on any atom is 0.416 e. The average Bonchev–Trinajstić information content (AvgIpc) is 3.33. The van der Waals surface area contributed by atoms with Crippen LogP contribution in [0.3, 0.4) is 0 Å². The fourth-order valence-corrected chi connectivity index (χ4v) is 3.26. The van der Waals surface area contributed by atoms with Gasteiger partial charge < -0.3 is 15.2 Å². The quantitative estimate of drug-likeness (QED) is 0.583. The zero-order valence-electron chi connectivity index (χ0n) is 15.8. The summed E-state index contributed by atoms with van der Waals surface area (Å²) >= 11 is 0. The second-order valence-corrected chi connectivity index (χ2v) is 6.86. The molecule has 0 spiro atoms. The largest absolute Gasteiger partial charge is 0.416 e. The van der Waals surface area contributed by atoms with E-state index in [-0.39, 0.29) is 6.04 Å². The van der Waals surface area contributed by atoms with Crippen molar-refractivity contribution < 1.29 is 13.2 Å². The molecule has 1 aromatic heterocycles. The van der Waals surface area contributed by atoms with Gasteiger partial charge in [0.1, 0.15) is 0 Å². The Hall–Kier alpha value is -2.55. The number of nitrogens with zero attached hydrogens (tertiary/aromatic N) is 4. The predicted octanol–water partition coefficient (Wildman–Crippen LogP) is 2.34. The van der Waals surface area contributed by atoms with Crippen LogP contribution >= 0.6 is 0 Å². The Bertz CT molecular complexity index is 755. The number of imidazole rings is 1. The highest BCUT2D eigenvalue weighted by Gasteiger charge is 2.30. The van der Waals surface area contributed by atoms with E-state index in [0.29, 0.717) is 6.54 Å². The monoisotopic (exact) mass is 394 g/mol. The number of hydrogen-bond acceptors (Lipinski definition) is 3. The summed E-state index contributed by atoms with van der Waals surface area (Å²) < 4.78 is 40.0. The van der Waals surface area contributed by atoms with Gasteiger partial charge in [0.2, 0.25) is 0 Å². The van der Waals surface area contributed by atoms with Crippen LogP contribution in [0.5, 0.6) is 0 Å². The Labute approximate surface area is 162 Å². The highest BCUT2D eigenvalue weighted by Crippen LogP contribution is 2.29. The number of hydrogen-bond donors (Lipinski definition) is 2. The van der Waals surface area contributed by atoms with E-state index in [1.807, 2.05) is 10.8 Å². The minimum absolute atomic E-state index is 0.258. The SMILES string of the molecule is CN=C(NCCn1ccnc1)NC1CCN(Cc2ccc(C(F)(F)F)cc2)C1. The summed E-state index contributed by atoms with van der Waals surface area (Å²) in [5.74, 6) is 0.751. The van der Waals surface area contributed by atoms with Crippen molar-refractivity contribution in [2.45, 2.75) is 31.7 Å². The number of likely N-dealkylation sites (tertiary alicyclic amines) is 1. The van der Waals surface area contributed by atoms with Crippen LogP contribution in [0.2, 0.25) is 0 Å². The molecule has 1 atom stereocenters. The third kappa shape index (κ3) is 5.72. The van der Waals surface area contributed by atoms with E-state index in [2.05, 4.69) is 25.5 Å². The van der Waals surface area contributed by atoms with Gasteiger partial charge in [-0.15, -0.1) is 0 Å². The summed E-state index contributed by atoms with van der Waals surface area (Å²) in [5.41, 5.74) is 0.277. The molecule has 1 aromatic carbocycles. The van der Waals surface area contributed by atoms with Crippen molar-refractivity contribution in [3.63, 3.8) is 0 Å². The molecule has 0 radical (unpaired) electrons. The number of benzene rings is 1. The molecule has 1 aliphatic rings. The van der Waals surface area contributed by atoms with Crippen LogP contribution in [0.1, 0.15) is 17.5 Å². The summed E-state index contributed by atoms with van der Waals surface area (Å²) in [4.78, 5) is 10.5. The molecule has 28 heavy (non-hydrogen) atoms. The molecule has 2 N–H and O–H groups in total. The Morgan fingerprint density at radius 3 is 2.71 bits per heavy atom. The molecule has 0 amide bonds. The van der Waals surface area contributed by atoms with Crippen molar-refractivity contribution in [3.05, 3.63) is 54.1 Å². The number of aromatic nitrogens is 2. The second kappa shape index (κ2) is 9.09. The van der Waals surface area contributed by atoms with Crippen molar-refractivity contribution in [1.82, 2.24) is 25.1 Å². The van der Waals surface area contributed by atoms with E-state index in [9.17, 15) is 13.2 Å². The second-order valence-electron chi connectivity index (χ2n) is 6.86. The van der Waals surface area contributed by atoms with Crippen LogP contribution in [-0.2, 0) is 19.3 Å². The highest BCUT2D eigenvalue weighted by molar-refractivity contribution is 5.79. The van der Waals surface area contributed by atoms with E-state index < -0.39 is 11.7 Å². The highest BCUT2D eigenvalue weighted by atomic mass is 19.4. The molecule has 2 heterocycles. The van der Waals surface area contributed by atoms with Crippen molar-refractivity contribution in [2.75, 3.05) is 26.7 Å². The normalized spacial score (nSPS) is 18.4. The minimum atomic E-state index is -4.29. The molecule has 1 fully saturated rings. The molecular formula is C19H25F3N6. The molecule has 2 aromatic rings. The summed E-state index contributed by atoms with van der Waals surface area (Å²) in [5, 5.41) is 6.70. The van der Waals surface area contributed by atoms with E-state index in [4.69, 9.17) is 0 Å². The Balaban J connectivity index is 1.42. The van der Waals surface area contributed by atoms with Crippen molar-refractivity contribution >= 4 is 5.96 Å². The summed E-state index contributed by atoms with van der Waals surface area (Å²) in [7, 11) is 1.74. The fraction of sp³-hybridized carbons (Fsp3) is 0.474. The molecule has 6 nitrogen and oxygen atoms in total. The lowest BCUT2D eigenvalue weighted by Gasteiger charge is -2.19. The van der Waals surface area contributed by atoms with Crippen LogP contribution < -0.4 is 10.6 Å². The maximum atomic E-state index is 12.7. The Kier molecular flexibility index (Phi) is 6.56. The first-order valence-electron chi connectivity index (χ1n) is 9.25. The van der Waals surface area contributed by atoms with E-state index >= 15 is 0 Å². The molecule has 1 unspecified atom stereocenters. The van der Waals surface area contributed by atoms with Crippen molar-refractivity contribution in [2.24, 2.45) is 4.99 Å². The predicted molar refractivity (Wildman–Crippen MR) is 102 cm³/mol. The van der Waals surface area contributed by atoms with Crippen LogP contribution in [0.15, 0.2) is 48.0 Å². The Morgan fingerprint density at radius 2 is 2.07 bits per heavy atom. The number of nitrogens with one attached hydrogen (secondary N) is 2. The molecule has 1 saturated heterocycles. The van der Waals surface area contributed by atoms with Gasteiger partial charge in [0, 0.05) is 58.2 Å². The molecule has 0 saturated carbocycles. The van der Waals surface area contributed by atoms with Gasteiger partial charge in [0.15, 0.2) is 5.96 Å². The molecular weight excluding hydrogens is 369 g/mol. The number of alkyl halides is 3. The van der Waals surface area contributed by atoms with Gasteiger partial charge >= 0.3 is 6.18 Å². The van der Waals surface area contributed by atoms with Gasteiger partial charge in [0.25, 0.3) is 0 Å². The van der Waals surface area contributed by atoms with Crippen LogP contribution in [0, 0.1) is 0 Å². The summed E-state index contributed by atoms with van der Waals surface area (Å²) in [6.45, 7) is 3.89. The first-order chi connectivity index (χ1) is 13.4. The maximum absolute atomic E-state index is 12.7. The minimum Gasteiger partial charge on any atom is -0.355 e. The molecule has 3 rings (SSSR count). The lowest BCUT2D eigenvalue weighted by molar-refractivity contribution is -0.137. The van der Waals surface area contributed by atoms with Crippen LogP contribution in [0.4, 0.5) is 13.2 Å². The van der Waals surface area contributed by atoms with Gasteiger partial charge in [-0.1, -0.05) is 12.1 Å². The molecule has 0 aliphatic carbocycles.